The molecule has 0 atom stereocenters. The van der Waals surface area contributed by atoms with Crippen LogP contribution in [-0.2, 0) is 0 Å². The van der Waals surface area contributed by atoms with Crippen molar-refractivity contribution in [3.05, 3.63) is 29.3 Å². The number of carboxylic acids is 1. The normalized spacial score (nSPS) is 14.9. The van der Waals surface area contributed by atoms with Crippen LogP contribution in [0.2, 0.25) is 0 Å². The van der Waals surface area contributed by atoms with Crippen LogP contribution in [0.3, 0.4) is 0 Å². The van der Waals surface area contributed by atoms with Crippen LogP contribution >= 0.6 is 0 Å². The fraction of sp³-hybridized carbons (Fsp3) is 0.200. The lowest BCUT2D eigenvalue weighted by Gasteiger charge is -2.16. The van der Waals surface area contributed by atoms with E-state index in [-0.39, 0.29) is 12.2 Å². The standard InChI is InChI=1S/C10H8F2N2O3/c11-6-3-5(9(15)16)8(4-7(6)12)14-2-1-13-10(14)17/h3-4H,1-2H2,(H,13,17)(H,15,16). The van der Waals surface area contributed by atoms with Gasteiger partial charge in [-0.3, -0.25) is 4.90 Å². The molecule has 1 aliphatic rings. The lowest BCUT2D eigenvalue weighted by Crippen LogP contribution is -2.29. The van der Waals surface area contributed by atoms with Crippen LogP contribution in [0.25, 0.3) is 0 Å². The maximum atomic E-state index is 13.1. The van der Waals surface area contributed by atoms with Gasteiger partial charge in [0.2, 0.25) is 0 Å². The molecule has 2 amide bonds. The zero-order chi connectivity index (χ0) is 12.6. The van der Waals surface area contributed by atoms with E-state index in [1.54, 1.807) is 0 Å². The van der Waals surface area contributed by atoms with Gasteiger partial charge in [-0.15, -0.1) is 0 Å². The maximum absolute atomic E-state index is 13.1. The van der Waals surface area contributed by atoms with Gasteiger partial charge in [0.05, 0.1) is 11.3 Å². The Morgan fingerprint density at radius 3 is 2.53 bits per heavy atom. The Labute approximate surface area is 94.6 Å². The van der Waals surface area contributed by atoms with Crippen molar-refractivity contribution in [2.75, 3.05) is 18.0 Å². The Bertz CT molecular complexity index is 505. The van der Waals surface area contributed by atoms with Crippen molar-refractivity contribution in [3.63, 3.8) is 0 Å². The summed E-state index contributed by atoms with van der Waals surface area (Å²) in [4.78, 5) is 23.3. The molecule has 17 heavy (non-hydrogen) atoms. The number of nitrogens with zero attached hydrogens (tertiary/aromatic N) is 1. The van der Waals surface area contributed by atoms with Gasteiger partial charge < -0.3 is 10.4 Å². The SMILES string of the molecule is O=C(O)c1cc(F)c(F)cc1N1CCNC1=O. The molecule has 1 aromatic rings. The molecule has 0 aliphatic carbocycles. The summed E-state index contributed by atoms with van der Waals surface area (Å²) < 4.78 is 26.0. The number of hydrogen-bond donors (Lipinski definition) is 2. The van der Waals surface area contributed by atoms with Gasteiger partial charge in [-0.1, -0.05) is 0 Å². The highest BCUT2D eigenvalue weighted by atomic mass is 19.2. The quantitative estimate of drug-likeness (QED) is 0.818. The fourth-order valence-corrected chi connectivity index (χ4v) is 1.63. The number of aromatic carboxylic acids is 1. The van der Waals surface area contributed by atoms with Crippen molar-refractivity contribution in [1.29, 1.82) is 0 Å². The number of hydrogen-bond acceptors (Lipinski definition) is 2. The van der Waals surface area contributed by atoms with Gasteiger partial charge in [0.1, 0.15) is 0 Å². The largest absolute Gasteiger partial charge is 0.478 e. The maximum Gasteiger partial charge on any atom is 0.337 e. The van der Waals surface area contributed by atoms with Gasteiger partial charge >= 0.3 is 12.0 Å². The van der Waals surface area contributed by atoms with E-state index in [2.05, 4.69) is 5.32 Å². The van der Waals surface area contributed by atoms with Crippen molar-refractivity contribution in [2.24, 2.45) is 0 Å². The molecule has 0 unspecified atom stereocenters. The number of nitrogens with one attached hydrogen (secondary N) is 1. The van der Waals surface area contributed by atoms with Crippen LogP contribution in [0.4, 0.5) is 19.3 Å². The monoisotopic (exact) mass is 242 g/mol. The summed E-state index contributed by atoms with van der Waals surface area (Å²) in [5, 5.41) is 11.3. The fourth-order valence-electron chi connectivity index (χ4n) is 1.63. The Morgan fingerprint density at radius 1 is 1.35 bits per heavy atom. The number of amides is 2. The third kappa shape index (κ3) is 1.91. The second-order valence-corrected chi connectivity index (χ2v) is 3.47. The second-order valence-electron chi connectivity index (χ2n) is 3.47. The van der Waals surface area contributed by atoms with Crippen LogP contribution in [0.5, 0.6) is 0 Å². The minimum absolute atomic E-state index is 0.147. The predicted molar refractivity (Wildman–Crippen MR) is 54.1 cm³/mol. The average Bonchev–Trinajstić information content (AvgIpc) is 2.67. The predicted octanol–water partition coefficient (Wildman–Crippen LogP) is 1.19. The summed E-state index contributed by atoms with van der Waals surface area (Å²) >= 11 is 0. The second kappa shape index (κ2) is 4.00. The Balaban J connectivity index is 2.54. The molecule has 0 spiro atoms. The molecule has 90 valence electrons. The Hall–Kier alpha value is -2.18. The summed E-state index contributed by atoms with van der Waals surface area (Å²) in [6.07, 6.45) is 0. The van der Waals surface area contributed by atoms with Crippen LogP contribution in [0.15, 0.2) is 12.1 Å². The van der Waals surface area contributed by atoms with E-state index in [9.17, 15) is 18.4 Å². The van der Waals surface area contributed by atoms with Gasteiger partial charge in [0.25, 0.3) is 0 Å². The Morgan fingerprint density at radius 2 is 2.00 bits per heavy atom. The summed E-state index contributed by atoms with van der Waals surface area (Å²) in [5.74, 6) is -3.87. The minimum atomic E-state index is -1.42. The van der Waals surface area contributed by atoms with E-state index in [4.69, 9.17) is 5.11 Å². The number of urea groups is 1. The summed E-state index contributed by atoms with van der Waals surface area (Å²) in [6, 6.07) is 0.751. The van der Waals surface area contributed by atoms with Gasteiger partial charge in [-0.05, 0) is 6.07 Å². The molecule has 1 aromatic carbocycles. The number of carbonyl (C=O) groups excluding carboxylic acids is 1. The number of rotatable bonds is 2. The molecule has 2 N–H and O–H groups in total. The third-order valence-electron chi connectivity index (χ3n) is 2.42. The van der Waals surface area contributed by atoms with E-state index in [1.165, 1.54) is 0 Å². The van der Waals surface area contributed by atoms with E-state index in [0.29, 0.717) is 18.7 Å². The first-order chi connectivity index (χ1) is 8.00. The number of halogens is 2. The summed E-state index contributed by atoms with van der Waals surface area (Å²) in [7, 11) is 0. The molecule has 0 aromatic heterocycles. The van der Waals surface area contributed by atoms with Crippen molar-refractivity contribution >= 4 is 17.7 Å². The van der Waals surface area contributed by atoms with Crippen molar-refractivity contribution in [1.82, 2.24) is 5.32 Å². The van der Waals surface area contributed by atoms with Gasteiger partial charge in [-0.25, -0.2) is 18.4 Å². The first-order valence-electron chi connectivity index (χ1n) is 4.78. The molecule has 2 rings (SSSR count). The first kappa shape index (κ1) is 11.3. The van der Waals surface area contributed by atoms with Crippen molar-refractivity contribution < 1.29 is 23.5 Å². The smallest absolute Gasteiger partial charge is 0.337 e. The van der Waals surface area contributed by atoms with E-state index in [1.807, 2.05) is 0 Å². The van der Waals surface area contributed by atoms with Crippen molar-refractivity contribution in [3.8, 4) is 0 Å². The zero-order valence-corrected chi connectivity index (χ0v) is 8.54. The van der Waals surface area contributed by atoms with Crippen molar-refractivity contribution in [2.45, 2.75) is 0 Å². The molecule has 7 heteroatoms. The topological polar surface area (TPSA) is 69.6 Å². The molecular formula is C10H8F2N2O3. The van der Waals surface area contributed by atoms with Crippen LogP contribution in [-0.4, -0.2) is 30.2 Å². The molecule has 1 heterocycles. The van der Waals surface area contributed by atoms with E-state index >= 15 is 0 Å². The van der Waals surface area contributed by atoms with Gasteiger partial charge in [0, 0.05) is 19.2 Å². The molecule has 1 fully saturated rings. The van der Waals surface area contributed by atoms with Gasteiger partial charge in [0.15, 0.2) is 11.6 Å². The molecule has 0 radical (unpaired) electrons. The summed E-state index contributed by atoms with van der Waals surface area (Å²) in [6.45, 7) is 0.543. The highest BCUT2D eigenvalue weighted by molar-refractivity contribution is 6.02. The number of carboxylic acid groups (broad SMARTS) is 1. The van der Waals surface area contributed by atoms with E-state index < -0.39 is 29.2 Å². The zero-order valence-electron chi connectivity index (χ0n) is 8.54. The number of benzene rings is 1. The summed E-state index contributed by atoms with van der Waals surface area (Å²) in [5.41, 5.74) is -0.590. The minimum Gasteiger partial charge on any atom is -0.478 e. The molecule has 1 saturated heterocycles. The number of carbonyl (C=O) groups is 2. The highest BCUT2D eigenvalue weighted by Crippen LogP contribution is 2.25. The molecule has 0 saturated carbocycles. The highest BCUT2D eigenvalue weighted by Gasteiger charge is 2.27. The van der Waals surface area contributed by atoms with Gasteiger partial charge in [-0.2, -0.15) is 0 Å². The molecule has 5 nitrogen and oxygen atoms in total. The third-order valence-corrected chi connectivity index (χ3v) is 2.42. The Kier molecular flexibility index (Phi) is 2.66. The lowest BCUT2D eigenvalue weighted by molar-refractivity contribution is 0.0697. The number of anilines is 1. The molecule has 0 bridgehead atoms. The first-order valence-corrected chi connectivity index (χ1v) is 4.78. The van der Waals surface area contributed by atoms with Crippen LogP contribution in [0.1, 0.15) is 10.4 Å². The average molecular weight is 242 g/mol. The van der Waals surface area contributed by atoms with Crippen LogP contribution in [0, 0.1) is 11.6 Å². The molecule has 1 aliphatic heterocycles. The lowest BCUT2D eigenvalue weighted by atomic mass is 10.1. The van der Waals surface area contributed by atoms with Crippen LogP contribution < -0.4 is 10.2 Å². The molecular weight excluding hydrogens is 234 g/mol. The van der Waals surface area contributed by atoms with E-state index in [0.717, 1.165) is 4.90 Å².